The molecule has 2 aliphatic heterocycles. The van der Waals surface area contributed by atoms with Crippen molar-refractivity contribution in [3.63, 3.8) is 0 Å². The molecule has 3 unspecified atom stereocenters. The zero-order valence-electron chi connectivity index (χ0n) is 9.39. The summed E-state index contributed by atoms with van der Waals surface area (Å²) >= 11 is 0. The van der Waals surface area contributed by atoms with Crippen molar-refractivity contribution < 1.29 is 9.63 Å². The molecule has 0 bridgehead atoms. The minimum absolute atomic E-state index is 0.00664. The van der Waals surface area contributed by atoms with Gasteiger partial charge in [-0.2, -0.15) is 0 Å². The minimum atomic E-state index is 0.00664. The van der Waals surface area contributed by atoms with Crippen molar-refractivity contribution in [3.8, 4) is 0 Å². The van der Waals surface area contributed by atoms with E-state index >= 15 is 0 Å². The Morgan fingerprint density at radius 3 is 3.00 bits per heavy atom. The fourth-order valence-electron chi connectivity index (χ4n) is 2.41. The first-order chi connectivity index (χ1) is 7.78. The molecule has 2 aliphatic rings. The molecule has 1 fully saturated rings. The van der Waals surface area contributed by atoms with Gasteiger partial charge in [-0.05, 0) is 12.8 Å². The zero-order chi connectivity index (χ0) is 11.4. The molecule has 3 atom stereocenters. The van der Waals surface area contributed by atoms with Crippen LogP contribution in [0.3, 0.4) is 0 Å². The Morgan fingerprint density at radius 2 is 2.31 bits per heavy atom. The van der Waals surface area contributed by atoms with Crippen LogP contribution in [0.15, 0.2) is 5.16 Å². The highest BCUT2D eigenvalue weighted by Gasteiger charge is 2.26. The van der Waals surface area contributed by atoms with Gasteiger partial charge < -0.3 is 20.7 Å². The maximum absolute atomic E-state index is 10.8. The van der Waals surface area contributed by atoms with Gasteiger partial charge in [0.15, 0.2) is 0 Å². The number of carbonyl (C=O) groups excluding carboxylic acids is 1. The fourth-order valence-corrected chi connectivity index (χ4v) is 2.41. The summed E-state index contributed by atoms with van der Waals surface area (Å²) in [5.74, 6) is 0.575. The van der Waals surface area contributed by atoms with E-state index in [1.54, 1.807) is 0 Å². The standard InChI is InChI=1S/C11H19N3O2/c12-11-6-10(16-14-11)5-8-3-1-2-4-9(7-15)13-8/h7-10,13H,1-6H2,(H2,12,14). The van der Waals surface area contributed by atoms with Crippen molar-refractivity contribution in [1.29, 1.82) is 0 Å². The first kappa shape index (κ1) is 11.4. The van der Waals surface area contributed by atoms with Crippen LogP contribution in [-0.2, 0) is 9.63 Å². The largest absolute Gasteiger partial charge is 0.391 e. The summed E-state index contributed by atoms with van der Waals surface area (Å²) in [5.41, 5.74) is 5.56. The Balaban J connectivity index is 1.81. The zero-order valence-corrected chi connectivity index (χ0v) is 9.39. The maximum Gasteiger partial charge on any atom is 0.143 e. The van der Waals surface area contributed by atoms with Crippen LogP contribution in [-0.4, -0.2) is 30.3 Å². The second kappa shape index (κ2) is 5.30. The lowest BCUT2D eigenvalue weighted by Crippen LogP contribution is -2.39. The number of rotatable bonds is 3. The number of nitrogens with one attached hydrogen (secondary N) is 1. The highest BCUT2D eigenvalue weighted by molar-refractivity contribution is 5.81. The van der Waals surface area contributed by atoms with E-state index in [1.807, 2.05) is 0 Å². The summed E-state index contributed by atoms with van der Waals surface area (Å²) in [6, 6.07) is 0.357. The van der Waals surface area contributed by atoms with E-state index in [0.717, 1.165) is 32.0 Å². The Kier molecular flexibility index (Phi) is 3.77. The Hall–Kier alpha value is -1.10. The second-order valence-corrected chi connectivity index (χ2v) is 4.64. The lowest BCUT2D eigenvalue weighted by molar-refractivity contribution is -0.109. The molecule has 0 spiro atoms. The lowest BCUT2D eigenvalue weighted by Gasteiger charge is -2.21. The van der Waals surface area contributed by atoms with Crippen molar-refractivity contribution in [3.05, 3.63) is 0 Å². The maximum atomic E-state index is 10.8. The summed E-state index contributed by atoms with van der Waals surface area (Å²) < 4.78 is 0. The molecule has 90 valence electrons. The fraction of sp³-hybridized carbons (Fsp3) is 0.818. The van der Waals surface area contributed by atoms with Gasteiger partial charge in [0.25, 0.3) is 0 Å². The van der Waals surface area contributed by atoms with Crippen LogP contribution in [0.1, 0.15) is 38.5 Å². The lowest BCUT2D eigenvalue weighted by atomic mass is 10.0. The minimum Gasteiger partial charge on any atom is -0.391 e. The Bertz CT molecular complexity index is 280. The van der Waals surface area contributed by atoms with Crippen molar-refractivity contribution >= 4 is 12.1 Å². The van der Waals surface area contributed by atoms with Crippen LogP contribution in [0.4, 0.5) is 0 Å². The average Bonchev–Trinajstić information content (AvgIpc) is 2.55. The molecule has 0 saturated carbocycles. The summed E-state index contributed by atoms with van der Waals surface area (Å²) in [6.45, 7) is 0. The highest BCUT2D eigenvalue weighted by atomic mass is 16.6. The van der Waals surface area contributed by atoms with Crippen molar-refractivity contribution in [2.45, 2.75) is 56.7 Å². The van der Waals surface area contributed by atoms with Crippen LogP contribution < -0.4 is 11.1 Å². The first-order valence-electron chi connectivity index (χ1n) is 5.97. The van der Waals surface area contributed by atoms with E-state index in [9.17, 15) is 4.79 Å². The smallest absolute Gasteiger partial charge is 0.143 e. The van der Waals surface area contributed by atoms with Gasteiger partial charge in [0.1, 0.15) is 18.2 Å². The molecule has 3 N–H and O–H groups in total. The summed E-state index contributed by atoms with van der Waals surface area (Å²) in [6.07, 6.45) is 7.04. The predicted octanol–water partition coefficient (Wildman–Crippen LogP) is 0.537. The molecular formula is C11H19N3O2. The molecule has 0 radical (unpaired) electrons. The number of oxime groups is 1. The van der Waals surface area contributed by atoms with Crippen molar-refractivity contribution in [2.75, 3.05) is 0 Å². The van der Waals surface area contributed by atoms with E-state index in [1.165, 1.54) is 6.42 Å². The topological polar surface area (TPSA) is 76.7 Å². The Labute approximate surface area is 95.4 Å². The number of amidine groups is 1. The molecule has 0 amide bonds. The quantitative estimate of drug-likeness (QED) is 0.687. The number of nitrogens with two attached hydrogens (primary N) is 1. The predicted molar refractivity (Wildman–Crippen MR) is 61.0 cm³/mol. The number of aldehydes is 1. The Morgan fingerprint density at radius 1 is 1.50 bits per heavy atom. The van der Waals surface area contributed by atoms with Gasteiger partial charge in [-0.3, -0.25) is 0 Å². The van der Waals surface area contributed by atoms with Gasteiger partial charge in [0, 0.05) is 18.9 Å². The van der Waals surface area contributed by atoms with Crippen LogP contribution in [0.2, 0.25) is 0 Å². The van der Waals surface area contributed by atoms with E-state index in [-0.39, 0.29) is 12.1 Å². The monoisotopic (exact) mass is 225 g/mol. The summed E-state index contributed by atoms with van der Waals surface area (Å²) in [4.78, 5) is 16.0. The molecule has 0 aromatic rings. The molecule has 0 aromatic heterocycles. The molecule has 0 aliphatic carbocycles. The highest BCUT2D eigenvalue weighted by Crippen LogP contribution is 2.20. The SMILES string of the molecule is NC1=NOC(CC2CCCCC(C=O)N2)C1. The number of hydrogen-bond donors (Lipinski definition) is 2. The molecule has 0 aromatic carbocycles. The van der Waals surface area contributed by atoms with E-state index < -0.39 is 0 Å². The van der Waals surface area contributed by atoms with Crippen LogP contribution in [0, 0.1) is 0 Å². The van der Waals surface area contributed by atoms with Crippen molar-refractivity contribution in [1.82, 2.24) is 5.32 Å². The van der Waals surface area contributed by atoms with Crippen LogP contribution in [0.5, 0.6) is 0 Å². The van der Waals surface area contributed by atoms with Gasteiger partial charge in [-0.1, -0.05) is 18.0 Å². The molecule has 5 heteroatoms. The number of hydrogen-bond acceptors (Lipinski definition) is 5. The first-order valence-corrected chi connectivity index (χ1v) is 5.97. The van der Waals surface area contributed by atoms with Gasteiger partial charge in [-0.15, -0.1) is 0 Å². The molecule has 16 heavy (non-hydrogen) atoms. The third-order valence-electron chi connectivity index (χ3n) is 3.24. The second-order valence-electron chi connectivity index (χ2n) is 4.64. The van der Waals surface area contributed by atoms with Crippen LogP contribution >= 0.6 is 0 Å². The van der Waals surface area contributed by atoms with E-state index in [4.69, 9.17) is 10.6 Å². The van der Waals surface area contributed by atoms with Crippen LogP contribution in [0.25, 0.3) is 0 Å². The molecule has 1 saturated heterocycles. The van der Waals surface area contributed by atoms with Gasteiger partial charge in [0.05, 0.1) is 6.04 Å². The molecular weight excluding hydrogens is 206 g/mol. The number of carbonyl (C=O) groups is 1. The summed E-state index contributed by atoms with van der Waals surface area (Å²) in [5, 5.41) is 7.11. The van der Waals surface area contributed by atoms with Gasteiger partial charge >= 0.3 is 0 Å². The van der Waals surface area contributed by atoms with E-state index in [0.29, 0.717) is 18.3 Å². The summed E-state index contributed by atoms with van der Waals surface area (Å²) in [7, 11) is 0. The third kappa shape index (κ3) is 2.95. The molecule has 2 heterocycles. The molecule has 5 nitrogen and oxygen atoms in total. The van der Waals surface area contributed by atoms with Gasteiger partial charge in [-0.25, -0.2) is 0 Å². The van der Waals surface area contributed by atoms with E-state index in [2.05, 4.69) is 10.5 Å². The average molecular weight is 225 g/mol. The number of nitrogens with zero attached hydrogens (tertiary/aromatic N) is 1. The van der Waals surface area contributed by atoms with Gasteiger partial charge in [0.2, 0.25) is 0 Å². The normalized spacial score (nSPS) is 35.0. The third-order valence-corrected chi connectivity index (χ3v) is 3.24. The molecule has 2 rings (SSSR count). The van der Waals surface area contributed by atoms with Crippen molar-refractivity contribution in [2.24, 2.45) is 10.9 Å².